The number of carbonyl (C=O) groups excluding carboxylic acids is 1. The maximum absolute atomic E-state index is 12.8. The molecule has 0 radical (unpaired) electrons. The van der Waals surface area contributed by atoms with Crippen molar-refractivity contribution in [2.75, 3.05) is 32.7 Å². The van der Waals surface area contributed by atoms with Gasteiger partial charge < -0.3 is 4.90 Å². The largest absolute Gasteiger partial charge is 0.335 e. The van der Waals surface area contributed by atoms with Crippen LogP contribution in [-0.2, 0) is 0 Å². The molecule has 136 valence electrons. The second-order valence-corrected chi connectivity index (χ2v) is 6.80. The van der Waals surface area contributed by atoms with E-state index in [1.54, 1.807) is 0 Å². The van der Waals surface area contributed by atoms with E-state index >= 15 is 0 Å². The van der Waals surface area contributed by atoms with Crippen LogP contribution in [0, 0.1) is 0 Å². The Morgan fingerprint density at radius 3 is 2.44 bits per heavy atom. The average molecular weight is 357 g/mol. The molecule has 1 aliphatic rings. The van der Waals surface area contributed by atoms with Gasteiger partial charge in [-0.2, -0.15) is 0 Å². The zero-order valence-electron chi connectivity index (χ0n) is 15.3. The van der Waals surface area contributed by atoms with E-state index in [1.807, 2.05) is 59.5 Å². The zero-order valence-corrected chi connectivity index (χ0v) is 15.3. The van der Waals surface area contributed by atoms with Gasteiger partial charge in [0.15, 0.2) is 0 Å². The maximum atomic E-state index is 12.8. The number of hydrogen-bond donors (Lipinski definition) is 0. The molecule has 1 fully saturated rings. The Kier molecular flexibility index (Phi) is 5.26. The normalized spacial score (nSPS) is 15.5. The number of aromatic nitrogens is 1. The lowest BCUT2D eigenvalue weighted by Gasteiger charge is -2.34. The van der Waals surface area contributed by atoms with Crippen molar-refractivity contribution in [3.63, 3.8) is 0 Å². The first kappa shape index (κ1) is 17.4. The molecule has 4 rings (SSSR count). The van der Waals surface area contributed by atoms with Crippen LogP contribution in [0.4, 0.5) is 0 Å². The van der Waals surface area contributed by atoms with E-state index in [9.17, 15) is 4.79 Å². The van der Waals surface area contributed by atoms with Gasteiger partial charge in [-0.05, 0) is 17.7 Å². The number of rotatable bonds is 4. The summed E-state index contributed by atoms with van der Waals surface area (Å²) in [6.07, 6.45) is 4.34. The number of para-hydroxylation sites is 1. The van der Waals surface area contributed by atoms with Crippen LogP contribution in [0.5, 0.6) is 0 Å². The van der Waals surface area contributed by atoms with Crippen LogP contribution in [0.1, 0.15) is 16.1 Å². The predicted molar refractivity (Wildman–Crippen MR) is 110 cm³/mol. The number of benzene rings is 2. The molecule has 0 N–H and O–H groups in total. The Hall–Kier alpha value is -2.98. The van der Waals surface area contributed by atoms with E-state index in [2.05, 4.69) is 34.2 Å². The number of fused-ring (bicyclic) bond motifs is 1. The van der Waals surface area contributed by atoms with E-state index in [-0.39, 0.29) is 5.91 Å². The fourth-order valence-electron chi connectivity index (χ4n) is 3.38. The highest BCUT2D eigenvalue weighted by molar-refractivity contribution is 5.95. The number of amides is 1. The second-order valence-electron chi connectivity index (χ2n) is 6.80. The molecule has 1 amide bonds. The summed E-state index contributed by atoms with van der Waals surface area (Å²) >= 11 is 0. The average Bonchev–Trinajstić information content (AvgIpc) is 2.74. The summed E-state index contributed by atoms with van der Waals surface area (Å²) in [5.41, 5.74) is 2.62. The van der Waals surface area contributed by atoms with Crippen molar-refractivity contribution in [1.82, 2.24) is 14.8 Å². The molecule has 2 heterocycles. The molecule has 0 saturated carbocycles. The van der Waals surface area contributed by atoms with Crippen LogP contribution in [0.15, 0.2) is 72.8 Å². The standard InChI is InChI=1S/C23H23N3O/c27-23(22-13-12-20-10-4-5-11-21(20)24-22)26-17-15-25(16-18-26)14-6-9-19-7-2-1-3-8-19/h1-13H,14-18H2. The van der Waals surface area contributed by atoms with Gasteiger partial charge >= 0.3 is 0 Å². The minimum absolute atomic E-state index is 0.0280. The van der Waals surface area contributed by atoms with Crippen molar-refractivity contribution < 1.29 is 4.79 Å². The minimum Gasteiger partial charge on any atom is -0.335 e. The first-order chi connectivity index (χ1) is 13.3. The van der Waals surface area contributed by atoms with Crippen LogP contribution in [0.25, 0.3) is 17.0 Å². The van der Waals surface area contributed by atoms with Gasteiger partial charge in [0.1, 0.15) is 5.69 Å². The van der Waals surface area contributed by atoms with Gasteiger partial charge in [-0.15, -0.1) is 0 Å². The SMILES string of the molecule is O=C(c1ccc2ccccc2n1)N1CCN(CC=Cc2ccccc2)CC1. The Morgan fingerprint density at radius 2 is 1.63 bits per heavy atom. The molecule has 3 aromatic rings. The van der Waals surface area contributed by atoms with Crippen molar-refractivity contribution in [2.24, 2.45) is 0 Å². The van der Waals surface area contributed by atoms with Gasteiger partial charge in [0, 0.05) is 38.1 Å². The fourth-order valence-corrected chi connectivity index (χ4v) is 3.38. The predicted octanol–water partition coefficient (Wildman–Crippen LogP) is 3.71. The van der Waals surface area contributed by atoms with Crippen LogP contribution >= 0.6 is 0 Å². The summed E-state index contributed by atoms with van der Waals surface area (Å²) in [6, 6.07) is 22.0. The highest BCUT2D eigenvalue weighted by Crippen LogP contribution is 2.14. The summed E-state index contributed by atoms with van der Waals surface area (Å²) in [5, 5.41) is 1.06. The highest BCUT2D eigenvalue weighted by atomic mass is 16.2. The number of piperazine rings is 1. The fraction of sp³-hybridized carbons (Fsp3) is 0.217. The Labute approximate surface area is 159 Å². The van der Waals surface area contributed by atoms with Gasteiger partial charge in [-0.1, -0.05) is 66.7 Å². The first-order valence-electron chi connectivity index (χ1n) is 9.39. The van der Waals surface area contributed by atoms with Crippen LogP contribution < -0.4 is 0 Å². The lowest BCUT2D eigenvalue weighted by Crippen LogP contribution is -2.48. The van der Waals surface area contributed by atoms with Gasteiger partial charge in [-0.3, -0.25) is 9.69 Å². The highest BCUT2D eigenvalue weighted by Gasteiger charge is 2.22. The summed E-state index contributed by atoms with van der Waals surface area (Å²) in [7, 11) is 0. The monoisotopic (exact) mass is 357 g/mol. The molecule has 4 nitrogen and oxygen atoms in total. The Bertz CT molecular complexity index is 944. The van der Waals surface area contributed by atoms with Crippen molar-refractivity contribution >= 4 is 22.9 Å². The maximum Gasteiger partial charge on any atom is 0.272 e. The Morgan fingerprint density at radius 1 is 0.889 bits per heavy atom. The topological polar surface area (TPSA) is 36.4 Å². The van der Waals surface area contributed by atoms with Gasteiger partial charge in [0.05, 0.1) is 5.52 Å². The van der Waals surface area contributed by atoms with E-state index in [1.165, 1.54) is 5.56 Å². The molecule has 0 unspecified atom stereocenters. The van der Waals surface area contributed by atoms with Crippen molar-refractivity contribution in [1.29, 1.82) is 0 Å². The van der Waals surface area contributed by atoms with Crippen LogP contribution in [-0.4, -0.2) is 53.4 Å². The summed E-state index contributed by atoms with van der Waals surface area (Å²) < 4.78 is 0. The van der Waals surface area contributed by atoms with E-state index in [0.29, 0.717) is 5.69 Å². The molecule has 27 heavy (non-hydrogen) atoms. The number of carbonyl (C=O) groups is 1. The van der Waals surface area contributed by atoms with E-state index < -0.39 is 0 Å². The summed E-state index contributed by atoms with van der Waals surface area (Å²) in [4.78, 5) is 21.6. The molecule has 1 aliphatic heterocycles. The Balaban J connectivity index is 1.33. The molecule has 0 aliphatic carbocycles. The zero-order chi connectivity index (χ0) is 18.5. The van der Waals surface area contributed by atoms with Crippen LogP contribution in [0.2, 0.25) is 0 Å². The van der Waals surface area contributed by atoms with Crippen molar-refractivity contribution in [2.45, 2.75) is 0 Å². The lowest BCUT2D eigenvalue weighted by molar-refractivity contribution is 0.0645. The lowest BCUT2D eigenvalue weighted by atomic mass is 10.2. The quantitative estimate of drug-likeness (QED) is 0.714. The molecular weight excluding hydrogens is 334 g/mol. The molecule has 1 aromatic heterocycles. The van der Waals surface area contributed by atoms with Crippen molar-refractivity contribution in [3.8, 4) is 0 Å². The first-order valence-corrected chi connectivity index (χ1v) is 9.39. The molecular formula is C23H23N3O. The van der Waals surface area contributed by atoms with E-state index in [0.717, 1.165) is 43.6 Å². The molecule has 4 heteroatoms. The molecule has 1 saturated heterocycles. The van der Waals surface area contributed by atoms with Gasteiger partial charge in [0.25, 0.3) is 5.91 Å². The number of pyridine rings is 1. The summed E-state index contributed by atoms with van der Waals surface area (Å²) in [5.74, 6) is 0.0280. The third-order valence-electron chi connectivity index (χ3n) is 4.95. The summed E-state index contributed by atoms with van der Waals surface area (Å²) in [6.45, 7) is 4.17. The smallest absolute Gasteiger partial charge is 0.272 e. The van der Waals surface area contributed by atoms with E-state index in [4.69, 9.17) is 0 Å². The second kappa shape index (κ2) is 8.14. The molecule has 2 aromatic carbocycles. The van der Waals surface area contributed by atoms with Gasteiger partial charge in [-0.25, -0.2) is 4.98 Å². The van der Waals surface area contributed by atoms with Gasteiger partial charge in [0.2, 0.25) is 0 Å². The molecule has 0 atom stereocenters. The van der Waals surface area contributed by atoms with Crippen molar-refractivity contribution in [3.05, 3.63) is 84.1 Å². The number of hydrogen-bond acceptors (Lipinski definition) is 3. The third kappa shape index (κ3) is 4.23. The van der Waals surface area contributed by atoms with Crippen LogP contribution in [0.3, 0.4) is 0 Å². The molecule has 0 bridgehead atoms. The molecule has 0 spiro atoms. The minimum atomic E-state index is 0.0280. The third-order valence-corrected chi connectivity index (χ3v) is 4.95. The number of nitrogens with zero attached hydrogens (tertiary/aromatic N) is 3.